The molecule has 0 saturated carbocycles. The van der Waals surface area contributed by atoms with Gasteiger partial charge in [-0.3, -0.25) is 0 Å². The molecule has 0 fully saturated rings. The summed E-state index contributed by atoms with van der Waals surface area (Å²) in [6.07, 6.45) is 1.27. The van der Waals surface area contributed by atoms with Gasteiger partial charge in [-0.05, 0) is 43.5 Å². The molecule has 1 unspecified atom stereocenters. The van der Waals surface area contributed by atoms with Crippen molar-refractivity contribution in [2.75, 3.05) is 6.54 Å². The van der Waals surface area contributed by atoms with Crippen molar-refractivity contribution in [2.45, 2.75) is 53.2 Å². The summed E-state index contributed by atoms with van der Waals surface area (Å²) >= 11 is 0. The Kier molecular flexibility index (Phi) is 5.49. The number of hydrogen-bond acceptors (Lipinski definition) is 2. The fourth-order valence-corrected chi connectivity index (χ4v) is 1.83. The summed E-state index contributed by atoms with van der Waals surface area (Å²) in [6.45, 7) is 11.6. The molecule has 0 spiro atoms. The van der Waals surface area contributed by atoms with Crippen LogP contribution in [0.25, 0.3) is 0 Å². The number of rotatable bonds is 6. The molecular weight excluding hydrogens is 210 g/mol. The third-order valence-corrected chi connectivity index (χ3v) is 2.71. The van der Waals surface area contributed by atoms with Gasteiger partial charge in [0.2, 0.25) is 0 Å². The molecule has 1 N–H and O–H groups in total. The highest BCUT2D eigenvalue weighted by Crippen LogP contribution is 2.18. The Hall–Kier alpha value is -1.02. The van der Waals surface area contributed by atoms with Gasteiger partial charge in [0, 0.05) is 12.6 Å². The molecule has 1 rings (SSSR count). The molecule has 2 nitrogen and oxygen atoms in total. The Morgan fingerprint density at radius 1 is 1.12 bits per heavy atom. The summed E-state index contributed by atoms with van der Waals surface area (Å²) in [5.74, 6) is 0.986. The molecule has 96 valence electrons. The molecule has 0 saturated heterocycles. The molecule has 1 atom stereocenters. The lowest BCUT2D eigenvalue weighted by molar-refractivity contribution is 0.190. The van der Waals surface area contributed by atoms with E-state index in [0.717, 1.165) is 18.7 Å². The molecule has 0 amide bonds. The fourth-order valence-electron chi connectivity index (χ4n) is 1.83. The maximum absolute atomic E-state index is 6.01. The van der Waals surface area contributed by atoms with E-state index in [9.17, 15) is 0 Å². The highest BCUT2D eigenvalue weighted by atomic mass is 16.5. The van der Waals surface area contributed by atoms with Gasteiger partial charge in [-0.1, -0.05) is 26.8 Å². The van der Waals surface area contributed by atoms with Gasteiger partial charge in [0.25, 0.3) is 0 Å². The normalized spacial score (nSPS) is 12.8. The van der Waals surface area contributed by atoms with Crippen molar-refractivity contribution < 1.29 is 4.74 Å². The van der Waals surface area contributed by atoms with Crippen LogP contribution < -0.4 is 10.1 Å². The lowest BCUT2D eigenvalue weighted by Crippen LogP contribution is -2.34. The van der Waals surface area contributed by atoms with Crippen molar-refractivity contribution in [3.63, 3.8) is 0 Å². The van der Waals surface area contributed by atoms with Crippen LogP contribution in [-0.4, -0.2) is 18.7 Å². The van der Waals surface area contributed by atoms with Gasteiger partial charge in [0.1, 0.15) is 11.9 Å². The van der Waals surface area contributed by atoms with Gasteiger partial charge in [-0.25, -0.2) is 0 Å². The molecule has 17 heavy (non-hydrogen) atoms. The molecule has 2 heteroatoms. The zero-order valence-corrected chi connectivity index (χ0v) is 11.7. The Labute approximate surface area is 105 Å². The van der Waals surface area contributed by atoms with Crippen molar-refractivity contribution in [1.82, 2.24) is 5.32 Å². The van der Waals surface area contributed by atoms with Gasteiger partial charge in [-0.15, -0.1) is 0 Å². The minimum Gasteiger partial charge on any atom is -0.489 e. The van der Waals surface area contributed by atoms with E-state index in [1.54, 1.807) is 0 Å². The number of ether oxygens (including phenoxy) is 1. The van der Waals surface area contributed by atoms with Crippen molar-refractivity contribution in [3.05, 3.63) is 29.3 Å². The van der Waals surface area contributed by atoms with E-state index in [-0.39, 0.29) is 6.10 Å². The standard InChI is InChI=1S/C15H25NO/c1-6-14(10-16-11(2)3)17-15-8-12(4)7-13(5)9-15/h7-9,11,14,16H,6,10H2,1-5H3. The number of benzene rings is 1. The monoisotopic (exact) mass is 235 g/mol. The molecule has 1 aromatic rings. The topological polar surface area (TPSA) is 21.3 Å². The van der Waals surface area contributed by atoms with Crippen LogP contribution in [-0.2, 0) is 0 Å². The SMILES string of the molecule is CCC(CNC(C)C)Oc1cc(C)cc(C)c1. The first-order valence-electron chi connectivity index (χ1n) is 6.49. The van der Waals surface area contributed by atoms with Crippen LogP contribution >= 0.6 is 0 Å². The summed E-state index contributed by atoms with van der Waals surface area (Å²) in [5, 5.41) is 3.42. The molecule has 0 radical (unpaired) electrons. The predicted octanol–water partition coefficient (Wildman–Crippen LogP) is 3.46. The van der Waals surface area contributed by atoms with Crippen LogP contribution in [0.15, 0.2) is 18.2 Å². The van der Waals surface area contributed by atoms with E-state index < -0.39 is 0 Å². The third kappa shape index (κ3) is 5.22. The Bertz CT molecular complexity index is 327. The molecule has 0 aromatic heterocycles. The first-order valence-corrected chi connectivity index (χ1v) is 6.49. The van der Waals surface area contributed by atoms with E-state index in [4.69, 9.17) is 4.74 Å². The summed E-state index contributed by atoms with van der Waals surface area (Å²) < 4.78 is 6.01. The summed E-state index contributed by atoms with van der Waals surface area (Å²) in [4.78, 5) is 0. The van der Waals surface area contributed by atoms with Gasteiger partial charge in [-0.2, -0.15) is 0 Å². The van der Waals surface area contributed by atoms with E-state index in [1.807, 2.05) is 0 Å². The molecule has 0 aliphatic heterocycles. The van der Waals surface area contributed by atoms with E-state index in [2.05, 4.69) is 58.1 Å². The highest BCUT2D eigenvalue weighted by molar-refractivity contribution is 5.33. The fraction of sp³-hybridized carbons (Fsp3) is 0.600. The van der Waals surface area contributed by atoms with Gasteiger partial charge >= 0.3 is 0 Å². The van der Waals surface area contributed by atoms with Gasteiger partial charge < -0.3 is 10.1 Å². The smallest absolute Gasteiger partial charge is 0.120 e. The van der Waals surface area contributed by atoms with Crippen molar-refractivity contribution in [2.24, 2.45) is 0 Å². The molecule has 1 aromatic carbocycles. The quantitative estimate of drug-likeness (QED) is 0.815. The third-order valence-electron chi connectivity index (χ3n) is 2.71. The summed E-state index contributed by atoms with van der Waals surface area (Å²) in [5.41, 5.74) is 2.51. The highest BCUT2D eigenvalue weighted by Gasteiger charge is 2.09. The van der Waals surface area contributed by atoms with Crippen molar-refractivity contribution >= 4 is 0 Å². The van der Waals surface area contributed by atoms with Crippen LogP contribution in [0.3, 0.4) is 0 Å². The zero-order valence-electron chi connectivity index (χ0n) is 11.7. The lowest BCUT2D eigenvalue weighted by atomic mass is 10.1. The average Bonchev–Trinajstić information content (AvgIpc) is 2.22. The van der Waals surface area contributed by atoms with Crippen molar-refractivity contribution in [3.8, 4) is 5.75 Å². The predicted molar refractivity (Wildman–Crippen MR) is 73.8 cm³/mol. The largest absolute Gasteiger partial charge is 0.489 e. The maximum atomic E-state index is 6.01. The second kappa shape index (κ2) is 6.65. The lowest BCUT2D eigenvalue weighted by Gasteiger charge is -2.20. The zero-order chi connectivity index (χ0) is 12.8. The first-order chi connectivity index (χ1) is 8.01. The number of hydrogen-bond donors (Lipinski definition) is 1. The van der Waals surface area contributed by atoms with E-state index in [0.29, 0.717) is 6.04 Å². The Morgan fingerprint density at radius 2 is 1.71 bits per heavy atom. The second-order valence-electron chi connectivity index (χ2n) is 5.03. The maximum Gasteiger partial charge on any atom is 0.120 e. The second-order valence-corrected chi connectivity index (χ2v) is 5.03. The van der Waals surface area contributed by atoms with Crippen LogP contribution in [0.4, 0.5) is 0 Å². The molecule has 0 bridgehead atoms. The van der Waals surface area contributed by atoms with Gasteiger partial charge in [0.15, 0.2) is 0 Å². The van der Waals surface area contributed by atoms with Gasteiger partial charge in [0.05, 0.1) is 0 Å². The number of nitrogens with one attached hydrogen (secondary N) is 1. The molecule has 0 aliphatic carbocycles. The summed E-state index contributed by atoms with van der Waals surface area (Å²) in [7, 11) is 0. The van der Waals surface area contributed by atoms with E-state index >= 15 is 0 Å². The Morgan fingerprint density at radius 3 is 2.18 bits per heavy atom. The van der Waals surface area contributed by atoms with Crippen LogP contribution in [0.1, 0.15) is 38.3 Å². The van der Waals surface area contributed by atoms with Crippen LogP contribution in [0.2, 0.25) is 0 Å². The molecule has 0 aliphatic rings. The van der Waals surface area contributed by atoms with Crippen LogP contribution in [0.5, 0.6) is 5.75 Å². The summed E-state index contributed by atoms with van der Waals surface area (Å²) in [6, 6.07) is 6.88. The average molecular weight is 235 g/mol. The first kappa shape index (κ1) is 14.0. The minimum absolute atomic E-state index is 0.249. The van der Waals surface area contributed by atoms with Crippen molar-refractivity contribution in [1.29, 1.82) is 0 Å². The minimum atomic E-state index is 0.249. The number of aryl methyl sites for hydroxylation is 2. The van der Waals surface area contributed by atoms with E-state index in [1.165, 1.54) is 11.1 Å². The molecular formula is C15H25NO. The van der Waals surface area contributed by atoms with Crippen LogP contribution in [0, 0.1) is 13.8 Å². The molecule has 0 heterocycles. The Balaban J connectivity index is 2.60.